The van der Waals surface area contributed by atoms with Crippen molar-refractivity contribution in [2.45, 2.75) is 38.9 Å². The van der Waals surface area contributed by atoms with Crippen LogP contribution in [0.2, 0.25) is 0 Å². The molecule has 30 heavy (non-hydrogen) atoms. The van der Waals surface area contributed by atoms with Crippen molar-refractivity contribution in [1.82, 2.24) is 25.2 Å². The summed E-state index contributed by atoms with van der Waals surface area (Å²) in [5.41, 5.74) is -0.0362. The van der Waals surface area contributed by atoms with Gasteiger partial charge in [-0.3, -0.25) is 14.6 Å². The van der Waals surface area contributed by atoms with Gasteiger partial charge in [-0.1, -0.05) is 6.07 Å². The Morgan fingerprint density at radius 3 is 2.80 bits per heavy atom. The van der Waals surface area contributed by atoms with Gasteiger partial charge in [-0.15, -0.1) is 0 Å². The van der Waals surface area contributed by atoms with Gasteiger partial charge in [-0.25, -0.2) is 9.97 Å². The normalized spacial score (nSPS) is 17.1. The Morgan fingerprint density at radius 1 is 1.30 bits per heavy atom. The van der Waals surface area contributed by atoms with Gasteiger partial charge in [0.15, 0.2) is 0 Å². The van der Waals surface area contributed by atoms with E-state index in [0.717, 1.165) is 11.8 Å². The summed E-state index contributed by atoms with van der Waals surface area (Å²) >= 11 is 0. The number of piperidine rings is 1. The van der Waals surface area contributed by atoms with Crippen molar-refractivity contribution in [1.29, 1.82) is 0 Å². The molecular formula is C20H22F3N5O2. The molecule has 0 aliphatic carbocycles. The monoisotopic (exact) mass is 421 g/mol. The summed E-state index contributed by atoms with van der Waals surface area (Å²) in [4.78, 5) is 38.0. The highest BCUT2D eigenvalue weighted by atomic mass is 19.4. The highest BCUT2D eigenvalue weighted by Crippen LogP contribution is 2.27. The second-order valence-electron chi connectivity index (χ2n) is 7.18. The van der Waals surface area contributed by atoms with E-state index in [1.807, 2.05) is 12.1 Å². The summed E-state index contributed by atoms with van der Waals surface area (Å²) in [6.45, 7) is 2.19. The van der Waals surface area contributed by atoms with Crippen molar-refractivity contribution in [3.05, 3.63) is 53.4 Å². The second kappa shape index (κ2) is 9.19. The minimum absolute atomic E-state index is 0.0261. The zero-order chi connectivity index (χ0) is 21.7. The standard InChI is InChI=1S/C20H22F3N5O2/c1-13-10-16(20(21,22)23)27-17(26-13)7-9-25-19(30)14-5-6-18(29)28(11-14)12-15-4-2-3-8-24-15/h2-4,8,10,14H,5-7,9,11-12H2,1H3,(H,25,30). The van der Waals surface area contributed by atoms with Crippen LogP contribution in [0.4, 0.5) is 13.2 Å². The third-order valence-electron chi connectivity index (χ3n) is 4.79. The van der Waals surface area contributed by atoms with E-state index in [2.05, 4.69) is 20.3 Å². The molecular weight excluding hydrogens is 399 g/mol. The third-order valence-corrected chi connectivity index (χ3v) is 4.79. The van der Waals surface area contributed by atoms with Crippen molar-refractivity contribution < 1.29 is 22.8 Å². The van der Waals surface area contributed by atoms with Crippen molar-refractivity contribution in [2.75, 3.05) is 13.1 Å². The maximum absolute atomic E-state index is 12.9. The predicted octanol–water partition coefficient (Wildman–Crippen LogP) is 2.30. The number of halogens is 3. The van der Waals surface area contributed by atoms with Gasteiger partial charge in [0.25, 0.3) is 0 Å². The fourth-order valence-electron chi connectivity index (χ4n) is 3.30. The third kappa shape index (κ3) is 5.74. The van der Waals surface area contributed by atoms with Gasteiger partial charge in [0.05, 0.1) is 18.2 Å². The highest BCUT2D eigenvalue weighted by Gasteiger charge is 2.33. The topological polar surface area (TPSA) is 88.1 Å². The molecule has 1 atom stereocenters. The van der Waals surface area contributed by atoms with Crippen LogP contribution in [0, 0.1) is 12.8 Å². The highest BCUT2D eigenvalue weighted by molar-refractivity contribution is 5.83. The summed E-state index contributed by atoms with van der Waals surface area (Å²) < 4.78 is 38.6. The van der Waals surface area contributed by atoms with E-state index in [9.17, 15) is 22.8 Å². The molecule has 0 aromatic carbocycles. The molecule has 10 heteroatoms. The van der Waals surface area contributed by atoms with Gasteiger partial charge < -0.3 is 10.2 Å². The SMILES string of the molecule is Cc1cc(C(F)(F)F)nc(CCNC(=O)C2CCC(=O)N(Cc3ccccn3)C2)n1. The number of carbonyl (C=O) groups is 2. The molecule has 1 aliphatic heterocycles. The zero-order valence-corrected chi connectivity index (χ0v) is 16.4. The molecule has 1 saturated heterocycles. The van der Waals surface area contributed by atoms with E-state index < -0.39 is 11.9 Å². The molecule has 2 aromatic rings. The van der Waals surface area contributed by atoms with E-state index >= 15 is 0 Å². The Morgan fingerprint density at radius 2 is 2.10 bits per heavy atom. The number of carbonyl (C=O) groups excluding carboxylic acids is 2. The van der Waals surface area contributed by atoms with Gasteiger partial charge in [-0.2, -0.15) is 13.2 Å². The molecule has 0 bridgehead atoms. The summed E-state index contributed by atoms with van der Waals surface area (Å²) in [5.74, 6) is -0.622. The average Bonchev–Trinajstić information content (AvgIpc) is 2.69. The first-order chi connectivity index (χ1) is 14.2. The maximum Gasteiger partial charge on any atom is 0.433 e. The molecule has 1 N–H and O–H groups in total. The summed E-state index contributed by atoms with van der Waals surface area (Å²) in [7, 11) is 0. The van der Waals surface area contributed by atoms with Crippen LogP contribution in [-0.2, 0) is 28.7 Å². The summed E-state index contributed by atoms with van der Waals surface area (Å²) in [5, 5.41) is 2.72. The summed E-state index contributed by atoms with van der Waals surface area (Å²) in [6.07, 6.45) is -2.12. The quantitative estimate of drug-likeness (QED) is 0.773. The van der Waals surface area contributed by atoms with Crippen molar-refractivity contribution in [2.24, 2.45) is 5.92 Å². The minimum atomic E-state index is -4.54. The fourth-order valence-corrected chi connectivity index (χ4v) is 3.30. The molecule has 2 aromatic heterocycles. The smallest absolute Gasteiger partial charge is 0.355 e. The lowest BCUT2D eigenvalue weighted by atomic mass is 9.96. The predicted molar refractivity (Wildman–Crippen MR) is 101 cm³/mol. The van der Waals surface area contributed by atoms with Crippen LogP contribution >= 0.6 is 0 Å². The van der Waals surface area contributed by atoms with Crippen LogP contribution in [0.25, 0.3) is 0 Å². The van der Waals surface area contributed by atoms with Crippen LogP contribution in [0.1, 0.15) is 35.7 Å². The molecule has 3 heterocycles. The molecule has 160 valence electrons. The van der Waals surface area contributed by atoms with Gasteiger partial charge in [0, 0.05) is 37.8 Å². The molecule has 0 radical (unpaired) electrons. The van der Waals surface area contributed by atoms with E-state index in [0.29, 0.717) is 13.0 Å². The van der Waals surface area contributed by atoms with Crippen LogP contribution in [0.5, 0.6) is 0 Å². The average molecular weight is 421 g/mol. The molecule has 1 unspecified atom stereocenters. The van der Waals surface area contributed by atoms with E-state index in [-0.39, 0.29) is 55.2 Å². The first kappa shape index (κ1) is 21.7. The van der Waals surface area contributed by atoms with Crippen LogP contribution in [-0.4, -0.2) is 44.8 Å². The van der Waals surface area contributed by atoms with Gasteiger partial charge in [0.1, 0.15) is 11.5 Å². The Labute approximate surface area is 171 Å². The van der Waals surface area contributed by atoms with Crippen molar-refractivity contribution >= 4 is 11.8 Å². The van der Waals surface area contributed by atoms with E-state index in [4.69, 9.17) is 0 Å². The van der Waals surface area contributed by atoms with E-state index in [1.165, 1.54) is 6.92 Å². The van der Waals surface area contributed by atoms with Crippen molar-refractivity contribution in [3.8, 4) is 0 Å². The second-order valence-corrected chi connectivity index (χ2v) is 7.18. The number of alkyl halides is 3. The molecule has 0 saturated carbocycles. The Bertz CT molecular complexity index is 905. The number of hydrogen-bond donors (Lipinski definition) is 1. The first-order valence-electron chi connectivity index (χ1n) is 9.59. The number of nitrogens with zero attached hydrogens (tertiary/aromatic N) is 4. The first-order valence-corrected chi connectivity index (χ1v) is 9.59. The van der Waals surface area contributed by atoms with Crippen LogP contribution in [0.15, 0.2) is 30.5 Å². The number of hydrogen-bond acceptors (Lipinski definition) is 5. The van der Waals surface area contributed by atoms with Gasteiger partial charge in [0.2, 0.25) is 11.8 Å². The van der Waals surface area contributed by atoms with E-state index in [1.54, 1.807) is 17.2 Å². The van der Waals surface area contributed by atoms with Crippen LogP contribution in [0.3, 0.4) is 0 Å². The number of likely N-dealkylation sites (tertiary alicyclic amines) is 1. The zero-order valence-electron chi connectivity index (χ0n) is 16.4. The molecule has 1 aliphatic rings. The van der Waals surface area contributed by atoms with Gasteiger partial charge in [-0.05, 0) is 31.5 Å². The lowest BCUT2D eigenvalue weighted by molar-refractivity contribution is -0.141. The molecule has 2 amide bonds. The summed E-state index contributed by atoms with van der Waals surface area (Å²) in [6, 6.07) is 6.32. The maximum atomic E-state index is 12.9. The number of aromatic nitrogens is 3. The van der Waals surface area contributed by atoms with Gasteiger partial charge >= 0.3 is 6.18 Å². The molecule has 7 nitrogen and oxygen atoms in total. The molecule has 3 rings (SSSR count). The molecule has 1 fully saturated rings. The lowest BCUT2D eigenvalue weighted by Crippen LogP contribution is -2.45. The largest absolute Gasteiger partial charge is 0.433 e. The Balaban J connectivity index is 1.53. The Kier molecular flexibility index (Phi) is 6.63. The number of pyridine rings is 1. The minimum Gasteiger partial charge on any atom is -0.355 e. The number of rotatable bonds is 6. The number of aryl methyl sites for hydroxylation is 1. The Hall–Kier alpha value is -3.04. The number of nitrogens with one attached hydrogen (secondary N) is 1. The lowest BCUT2D eigenvalue weighted by Gasteiger charge is -2.31. The fraction of sp³-hybridized carbons (Fsp3) is 0.450. The van der Waals surface area contributed by atoms with Crippen molar-refractivity contribution in [3.63, 3.8) is 0 Å². The number of amides is 2. The van der Waals surface area contributed by atoms with Crippen LogP contribution < -0.4 is 5.32 Å². The molecule has 0 spiro atoms.